The monoisotopic (exact) mass is 163 g/mol. The van der Waals surface area contributed by atoms with Gasteiger partial charge in [-0.05, 0) is 29.9 Å². The van der Waals surface area contributed by atoms with Gasteiger partial charge in [-0.25, -0.2) is 0 Å². The summed E-state index contributed by atoms with van der Waals surface area (Å²) in [6.45, 7) is 2.12. The van der Waals surface area contributed by atoms with Crippen molar-refractivity contribution in [3.8, 4) is 0 Å². The van der Waals surface area contributed by atoms with Crippen molar-refractivity contribution in [2.45, 2.75) is 25.9 Å². The van der Waals surface area contributed by atoms with E-state index >= 15 is 0 Å². The van der Waals surface area contributed by atoms with Gasteiger partial charge in [-0.1, -0.05) is 13.0 Å². The maximum absolute atomic E-state index is 9.88. The molecule has 1 heterocycles. The Morgan fingerprint density at radius 2 is 2.33 bits per heavy atom. The lowest BCUT2D eigenvalue weighted by Crippen LogP contribution is -2.09. The van der Waals surface area contributed by atoms with Crippen molar-refractivity contribution in [1.82, 2.24) is 4.98 Å². The molecule has 1 aliphatic rings. The van der Waals surface area contributed by atoms with Gasteiger partial charge in [0.25, 0.3) is 0 Å². The third kappa shape index (κ3) is 1.23. The molecule has 2 rings (SSSR count). The smallest absolute Gasteiger partial charge is 0.0858 e. The van der Waals surface area contributed by atoms with Crippen LogP contribution in [-0.4, -0.2) is 10.1 Å². The fourth-order valence-electron chi connectivity index (χ4n) is 1.41. The molecule has 1 aromatic rings. The van der Waals surface area contributed by atoms with E-state index in [2.05, 4.69) is 11.9 Å². The first-order chi connectivity index (χ1) is 5.72. The van der Waals surface area contributed by atoms with Crippen LogP contribution >= 0.6 is 0 Å². The zero-order valence-electron chi connectivity index (χ0n) is 7.20. The van der Waals surface area contributed by atoms with Gasteiger partial charge in [0.15, 0.2) is 0 Å². The summed E-state index contributed by atoms with van der Waals surface area (Å²) in [7, 11) is 0. The van der Waals surface area contributed by atoms with E-state index < -0.39 is 0 Å². The van der Waals surface area contributed by atoms with Crippen LogP contribution in [0.4, 0.5) is 0 Å². The van der Waals surface area contributed by atoms with E-state index in [9.17, 15) is 5.11 Å². The number of hydrogen-bond acceptors (Lipinski definition) is 2. The van der Waals surface area contributed by atoms with E-state index in [1.807, 2.05) is 12.1 Å². The summed E-state index contributed by atoms with van der Waals surface area (Å²) in [5, 5.41) is 9.88. The lowest BCUT2D eigenvalue weighted by molar-refractivity contribution is 0.103. The normalized spacial score (nSPS) is 21.8. The Balaban J connectivity index is 2.20. The summed E-state index contributed by atoms with van der Waals surface area (Å²) in [6, 6.07) is 3.80. The third-order valence-corrected chi connectivity index (χ3v) is 2.70. The van der Waals surface area contributed by atoms with Crippen LogP contribution in [0.25, 0.3) is 0 Å². The summed E-state index contributed by atoms with van der Waals surface area (Å²) in [6.07, 6.45) is 5.40. The highest BCUT2D eigenvalue weighted by molar-refractivity contribution is 5.17. The highest BCUT2D eigenvalue weighted by atomic mass is 16.3. The Hall–Kier alpha value is -0.890. The summed E-state index contributed by atoms with van der Waals surface area (Å²) in [5.41, 5.74) is 1.07. The number of pyridine rings is 1. The molecule has 0 amide bonds. The van der Waals surface area contributed by atoms with Crippen LogP contribution < -0.4 is 0 Å². The van der Waals surface area contributed by atoms with Crippen LogP contribution in [0.15, 0.2) is 24.5 Å². The van der Waals surface area contributed by atoms with Crippen LogP contribution in [0.2, 0.25) is 0 Å². The zero-order chi connectivity index (χ0) is 8.60. The first-order valence-electron chi connectivity index (χ1n) is 4.30. The van der Waals surface area contributed by atoms with Crippen molar-refractivity contribution in [3.63, 3.8) is 0 Å². The standard InChI is InChI=1S/C10H13NO/c1-10(4-5-10)9(12)8-3-2-6-11-7-8/h2-3,6-7,9,12H,4-5H2,1H3. The van der Waals surface area contributed by atoms with Crippen molar-refractivity contribution in [1.29, 1.82) is 0 Å². The number of nitrogens with zero attached hydrogens (tertiary/aromatic N) is 1. The molecule has 12 heavy (non-hydrogen) atoms. The number of hydrogen-bond donors (Lipinski definition) is 1. The Bertz CT molecular complexity index is 266. The summed E-state index contributed by atoms with van der Waals surface area (Å²) in [5.74, 6) is 0. The molecule has 64 valence electrons. The van der Waals surface area contributed by atoms with Crippen LogP contribution in [0.1, 0.15) is 31.4 Å². The molecule has 0 bridgehead atoms. The Morgan fingerprint density at radius 3 is 2.83 bits per heavy atom. The second kappa shape index (κ2) is 2.56. The molecule has 1 saturated carbocycles. The SMILES string of the molecule is CC1(C(O)c2cccnc2)CC1. The zero-order valence-corrected chi connectivity index (χ0v) is 7.20. The maximum atomic E-state index is 9.88. The quantitative estimate of drug-likeness (QED) is 0.722. The highest BCUT2D eigenvalue weighted by Gasteiger charge is 2.44. The van der Waals surface area contributed by atoms with E-state index in [1.165, 1.54) is 0 Å². The summed E-state index contributed by atoms with van der Waals surface area (Å²) < 4.78 is 0. The number of aliphatic hydroxyl groups excluding tert-OH is 1. The topological polar surface area (TPSA) is 33.1 Å². The predicted molar refractivity (Wildman–Crippen MR) is 46.5 cm³/mol. The van der Waals surface area contributed by atoms with Crippen molar-refractivity contribution in [3.05, 3.63) is 30.1 Å². The second-order valence-corrected chi connectivity index (χ2v) is 3.84. The van der Waals surface area contributed by atoms with Crippen LogP contribution in [0, 0.1) is 5.41 Å². The lowest BCUT2D eigenvalue weighted by Gasteiger charge is -2.16. The molecule has 1 fully saturated rings. The Kier molecular flexibility index (Phi) is 1.65. The molecule has 0 spiro atoms. The molecule has 2 nitrogen and oxygen atoms in total. The molecular formula is C10H13NO. The van der Waals surface area contributed by atoms with Crippen molar-refractivity contribution >= 4 is 0 Å². The molecule has 1 aliphatic carbocycles. The van der Waals surface area contributed by atoms with Gasteiger partial charge in [0.2, 0.25) is 0 Å². The minimum atomic E-state index is -0.328. The van der Waals surface area contributed by atoms with Crippen LogP contribution in [-0.2, 0) is 0 Å². The first-order valence-corrected chi connectivity index (χ1v) is 4.30. The van der Waals surface area contributed by atoms with Gasteiger partial charge in [0.05, 0.1) is 6.10 Å². The van der Waals surface area contributed by atoms with Gasteiger partial charge in [-0.15, -0.1) is 0 Å². The number of rotatable bonds is 2. The van der Waals surface area contributed by atoms with Crippen LogP contribution in [0.5, 0.6) is 0 Å². The van der Waals surface area contributed by atoms with E-state index in [4.69, 9.17) is 0 Å². The predicted octanol–water partition coefficient (Wildman–Crippen LogP) is 1.92. The molecule has 1 aromatic heterocycles. The highest BCUT2D eigenvalue weighted by Crippen LogP contribution is 2.54. The van der Waals surface area contributed by atoms with Crippen molar-refractivity contribution < 1.29 is 5.11 Å². The first kappa shape index (κ1) is 7.74. The van der Waals surface area contributed by atoms with Gasteiger partial charge in [-0.3, -0.25) is 4.98 Å². The van der Waals surface area contributed by atoms with E-state index in [0.717, 1.165) is 18.4 Å². The third-order valence-electron chi connectivity index (χ3n) is 2.70. The average molecular weight is 163 g/mol. The van der Waals surface area contributed by atoms with E-state index in [-0.39, 0.29) is 11.5 Å². The fourth-order valence-corrected chi connectivity index (χ4v) is 1.41. The molecule has 1 unspecified atom stereocenters. The van der Waals surface area contributed by atoms with Gasteiger partial charge in [0.1, 0.15) is 0 Å². The van der Waals surface area contributed by atoms with Crippen LogP contribution in [0.3, 0.4) is 0 Å². The molecule has 1 N–H and O–H groups in total. The second-order valence-electron chi connectivity index (χ2n) is 3.84. The Morgan fingerprint density at radius 1 is 1.58 bits per heavy atom. The van der Waals surface area contributed by atoms with Gasteiger partial charge < -0.3 is 5.11 Å². The molecule has 2 heteroatoms. The lowest BCUT2D eigenvalue weighted by atomic mass is 9.96. The van der Waals surface area contributed by atoms with Gasteiger partial charge in [0, 0.05) is 12.4 Å². The molecule has 0 aromatic carbocycles. The average Bonchev–Trinajstić information content (AvgIpc) is 2.85. The number of aromatic nitrogens is 1. The van der Waals surface area contributed by atoms with E-state index in [1.54, 1.807) is 12.4 Å². The molecule has 0 saturated heterocycles. The fraction of sp³-hybridized carbons (Fsp3) is 0.500. The molecule has 0 aliphatic heterocycles. The van der Waals surface area contributed by atoms with Gasteiger partial charge in [-0.2, -0.15) is 0 Å². The number of aliphatic hydroxyl groups is 1. The molecular weight excluding hydrogens is 150 g/mol. The van der Waals surface area contributed by atoms with E-state index in [0.29, 0.717) is 0 Å². The summed E-state index contributed by atoms with van der Waals surface area (Å²) in [4.78, 5) is 3.99. The largest absolute Gasteiger partial charge is 0.388 e. The minimum absolute atomic E-state index is 0.128. The molecule has 0 radical (unpaired) electrons. The summed E-state index contributed by atoms with van der Waals surface area (Å²) >= 11 is 0. The minimum Gasteiger partial charge on any atom is -0.388 e. The molecule has 1 atom stereocenters. The maximum Gasteiger partial charge on any atom is 0.0858 e. The van der Waals surface area contributed by atoms with Gasteiger partial charge >= 0.3 is 0 Å². The Labute approximate surface area is 72.3 Å². The van der Waals surface area contributed by atoms with Crippen molar-refractivity contribution in [2.24, 2.45) is 5.41 Å². The van der Waals surface area contributed by atoms with Crippen molar-refractivity contribution in [2.75, 3.05) is 0 Å².